The van der Waals surface area contributed by atoms with Crippen molar-refractivity contribution in [2.75, 3.05) is 5.73 Å². The van der Waals surface area contributed by atoms with E-state index in [1.807, 2.05) is 0 Å². The van der Waals surface area contributed by atoms with Crippen molar-refractivity contribution in [1.82, 2.24) is 0 Å². The van der Waals surface area contributed by atoms with E-state index in [-0.39, 0.29) is 4.90 Å². The average molecular weight is 204 g/mol. The second kappa shape index (κ2) is 3.36. The fraction of sp³-hybridized carbons (Fsp3) is 0. The first-order valence-electron chi connectivity index (χ1n) is 2.98. The van der Waals surface area contributed by atoms with Gasteiger partial charge in [0.1, 0.15) is 0 Å². The normalized spacial score (nSPS) is 15.4. The summed E-state index contributed by atoms with van der Waals surface area (Å²) < 4.78 is 14.5. The van der Waals surface area contributed by atoms with E-state index < -0.39 is 8.77 Å². The quantitative estimate of drug-likeness (QED) is 0.402. The van der Waals surface area contributed by atoms with Crippen LogP contribution >= 0.6 is 0 Å². The topological polar surface area (TPSA) is 75.4 Å². The molecular weight excluding hydrogens is 198 g/mol. The fourth-order valence-electron chi connectivity index (χ4n) is 0.674. The summed E-state index contributed by atoms with van der Waals surface area (Å²) in [5, 5.41) is 9.93. The van der Waals surface area contributed by atoms with Gasteiger partial charge >= 0.3 is 0 Å². The van der Waals surface area contributed by atoms with Crippen molar-refractivity contribution in [2.45, 2.75) is 4.90 Å². The lowest BCUT2D eigenvalue weighted by atomic mass is 10.3. The molecule has 1 aromatic carbocycles. The summed E-state index contributed by atoms with van der Waals surface area (Å²) in [4.78, 5) is 0.168. The van der Waals surface area contributed by atoms with Gasteiger partial charge < -0.3 is 15.3 Å². The lowest BCUT2D eigenvalue weighted by molar-refractivity contribution is -0.633. The number of hydrogen-bond donors (Lipinski definition) is 1. The van der Waals surface area contributed by atoms with Crippen LogP contribution in [-0.2, 0) is 24.3 Å². The Bertz CT molecular complexity index is 357. The second-order valence-electron chi connectivity index (χ2n) is 2.09. The summed E-state index contributed by atoms with van der Waals surface area (Å²) in [6.45, 7) is 0. The van der Waals surface area contributed by atoms with E-state index in [0.29, 0.717) is 5.69 Å². The number of nitrogens with two attached hydrogens (primary N) is 1. The number of rotatable bonds is 2. The minimum atomic E-state index is -3.29. The van der Waals surface area contributed by atoms with Crippen LogP contribution in [0.1, 0.15) is 0 Å². The molecule has 2 N–H and O–H groups in total. The van der Waals surface area contributed by atoms with E-state index >= 15 is 0 Å². The minimum Gasteiger partial charge on any atom is -0.708 e. The van der Waals surface area contributed by atoms with Crippen molar-refractivity contribution in [2.24, 2.45) is 0 Å². The molecule has 0 bridgehead atoms. The van der Waals surface area contributed by atoms with Crippen molar-refractivity contribution < 1.29 is 13.8 Å². The van der Waals surface area contributed by atoms with Gasteiger partial charge in [0.05, 0.1) is 4.90 Å². The van der Waals surface area contributed by atoms with Crippen molar-refractivity contribution in [3.63, 3.8) is 0 Å². The Balaban J connectivity index is 3.14. The van der Waals surface area contributed by atoms with Crippen LogP contribution in [0.3, 0.4) is 0 Å². The molecule has 1 atom stereocenters. The van der Waals surface area contributed by atoms with Crippen LogP contribution in [0.2, 0.25) is 0 Å². The van der Waals surface area contributed by atoms with Gasteiger partial charge in [-0.15, -0.1) is 0 Å². The van der Waals surface area contributed by atoms with Crippen molar-refractivity contribution in [3.05, 3.63) is 24.3 Å². The van der Waals surface area contributed by atoms with Gasteiger partial charge in [0, 0.05) is 16.9 Å². The molecule has 0 aliphatic rings. The number of nitrogen functional groups attached to an aromatic ring is 1. The van der Waals surface area contributed by atoms with Crippen LogP contribution in [0.5, 0.6) is 0 Å². The van der Waals surface area contributed by atoms with Crippen LogP contribution in [0.25, 0.3) is 0 Å². The molecule has 66 valence electrons. The van der Waals surface area contributed by atoms with Crippen LogP contribution in [-0.4, -0.2) is 4.21 Å². The lowest BCUT2D eigenvalue weighted by Crippen LogP contribution is -2.13. The summed E-state index contributed by atoms with van der Waals surface area (Å²) in [6.07, 6.45) is 0. The maximum atomic E-state index is 11.1. The van der Waals surface area contributed by atoms with Gasteiger partial charge in [0.15, 0.2) is 8.77 Å². The standard InChI is InChI=1S/C6H7NO3S2/c7-5-1-3-6(4-2-5)12(9,11)10-8/h1-4,8H,7H2/p-1. The van der Waals surface area contributed by atoms with Crippen molar-refractivity contribution in [1.29, 1.82) is 0 Å². The number of hydrogen-bond acceptors (Lipinski definition) is 5. The molecule has 0 aromatic heterocycles. The zero-order valence-electron chi connectivity index (χ0n) is 5.93. The Morgan fingerprint density at radius 1 is 1.42 bits per heavy atom. The van der Waals surface area contributed by atoms with E-state index in [2.05, 4.69) is 15.5 Å². The molecule has 1 unspecified atom stereocenters. The summed E-state index contributed by atoms with van der Waals surface area (Å²) in [6, 6.07) is 5.81. The Hall–Kier alpha value is -0.690. The second-order valence-corrected chi connectivity index (χ2v) is 4.92. The highest BCUT2D eigenvalue weighted by Crippen LogP contribution is 2.12. The van der Waals surface area contributed by atoms with E-state index in [1.54, 1.807) is 0 Å². The first-order valence-corrected chi connectivity index (χ1v) is 5.39. The minimum absolute atomic E-state index is 0.168. The fourth-order valence-corrected chi connectivity index (χ4v) is 1.56. The summed E-state index contributed by atoms with van der Waals surface area (Å²) in [5.41, 5.74) is 5.87. The van der Waals surface area contributed by atoms with E-state index in [4.69, 9.17) is 5.73 Å². The lowest BCUT2D eigenvalue weighted by Gasteiger charge is -2.10. The SMILES string of the molecule is Nc1ccc(S(=O)(=S)O[O-])cc1. The van der Waals surface area contributed by atoms with Gasteiger partial charge in [-0.25, -0.2) is 4.21 Å². The molecule has 12 heavy (non-hydrogen) atoms. The highest BCUT2D eigenvalue weighted by molar-refractivity contribution is 8.30. The van der Waals surface area contributed by atoms with Crippen molar-refractivity contribution >= 4 is 25.6 Å². The summed E-state index contributed by atoms with van der Waals surface area (Å²) in [7, 11) is -3.29. The maximum absolute atomic E-state index is 11.1. The zero-order valence-corrected chi connectivity index (χ0v) is 7.56. The van der Waals surface area contributed by atoms with Gasteiger partial charge in [-0.3, -0.25) is 0 Å². The largest absolute Gasteiger partial charge is 0.708 e. The molecule has 6 heteroatoms. The molecule has 0 spiro atoms. The van der Waals surface area contributed by atoms with Crippen LogP contribution in [0.15, 0.2) is 29.2 Å². The molecule has 4 nitrogen and oxygen atoms in total. The van der Waals surface area contributed by atoms with Gasteiger partial charge in [0.2, 0.25) is 0 Å². The Kier molecular flexibility index (Phi) is 2.63. The molecule has 0 aliphatic heterocycles. The first-order chi connectivity index (χ1) is 5.56. The van der Waals surface area contributed by atoms with Crippen molar-refractivity contribution in [3.8, 4) is 0 Å². The first kappa shape index (κ1) is 9.40. The molecule has 1 rings (SSSR count). The van der Waals surface area contributed by atoms with E-state index in [1.165, 1.54) is 24.3 Å². The number of anilines is 1. The number of benzene rings is 1. The van der Waals surface area contributed by atoms with Gasteiger partial charge in [-0.1, -0.05) is 0 Å². The molecule has 0 radical (unpaired) electrons. The van der Waals surface area contributed by atoms with E-state index in [9.17, 15) is 9.47 Å². The predicted octanol–water partition coefficient (Wildman–Crippen LogP) is -0.419. The summed E-state index contributed by atoms with van der Waals surface area (Å²) in [5.74, 6) is 0. The average Bonchev–Trinajstić information content (AvgIpc) is 2.05. The molecule has 0 heterocycles. The molecule has 1 aromatic rings. The third-order valence-corrected chi connectivity index (χ3v) is 3.03. The molecule has 0 saturated heterocycles. The Morgan fingerprint density at radius 3 is 2.33 bits per heavy atom. The zero-order chi connectivity index (χ0) is 9.19. The molecule has 0 amide bonds. The maximum Gasteiger partial charge on any atom is 0.164 e. The van der Waals surface area contributed by atoms with Gasteiger partial charge in [-0.05, 0) is 24.3 Å². The molecular formula is C6H6NO3S2-. The van der Waals surface area contributed by atoms with Crippen LogP contribution < -0.4 is 11.0 Å². The highest BCUT2D eigenvalue weighted by Gasteiger charge is 2.04. The summed E-state index contributed by atoms with van der Waals surface area (Å²) >= 11 is 4.41. The van der Waals surface area contributed by atoms with Crippen LogP contribution in [0, 0.1) is 0 Å². The molecule has 0 aliphatic carbocycles. The predicted molar refractivity (Wildman–Crippen MR) is 45.7 cm³/mol. The van der Waals surface area contributed by atoms with Gasteiger partial charge in [0.25, 0.3) is 0 Å². The molecule has 0 saturated carbocycles. The monoisotopic (exact) mass is 204 g/mol. The Morgan fingerprint density at radius 2 is 1.92 bits per heavy atom. The third kappa shape index (κ3) is 1.92. The third-order valence-electron chi connectivity index (χ3n) is 1.26. The molecule has 0 fully saturated rings. The van der Waals surface area contributed by atoms with Gasteiger partial charge in [-0.2, -0.15) is 0 Å². The van der Waals surface area contributed by atoms with E-state index in [0.717, 1.165) is 0 Å². The highest BCUT2D eigenvalue weighted by atomic mass is 32.8. The Labute approximate surface area is 74.8 Å². The van der Waals surface area contributed by atoms with Crippen LogP contribution in [0.4, 0.5) is 5.69 Å². The smallest absolute Gasteiger partial charge is 0.164 e.